The third-order valence-corrected chi connectivity index (χ3v) is 3.94. The molecule has 4 heterocycles. The molecule has 3 saturated heterocycles. The maximum Gasteiger partial charge on any atom is 0.169 e. The molecule has 0 amide bonds. The van der Waals surface area contributed by atoms with Crippen molar-refractivity contribution in [2.45, 2.75) is 12.8 Å². The molecule has 0 spiro atoms. The second-order valence-electron chi connectivity index (χ2n) is 4.85. The Morgan fingerprint density at radius 1 is 1.38 bits per heavy atom. The molecule has 3 heteroatoms. The van der Waals surface area contributed by atoms with Crippen LogP contribution in [0.1, 0.15) is 23.2 Å². The molecule has 1 atom stereocenters. The molecule has 0 N–H and O–H groups in total. The molecular weight excluding hydrogens is 200 g/mol. The van der Waals surface area contributed by atoms with Crippen molar-refractivity contribution in [2.75, 3.05) is 19.6 Å². The van der Waals surface area contributed by atoms with Crippen molar-refractivity contribution < 1.29 is 4.79 Å². The van der Waals surface area contributed by atoms with E-state index in [-0.39, 0.29) is 5.92 Å². The summed E-state index contributed by atoms with van der Waals surface area (Å²) in [4.78, 5) is 18.8. The second kappa shape index (κ2) is 3.98. The van der Waals surface area contributed by atoms with Gasteiger partial charge in [0.05, 0.1) is 0 Å². The Morgan fingerprint density at radius 2 is 2.19 bits per heavy atom. The first-order chi connectivity index (χ1) is 7.84. The highest BCUT2D eigenvalue weighted by molar-refractivity contribution is 5.98. The van der Waals surface area contributed by atoms with Gasteiger partial charge in [0, 0.05) is 30.4 Å². The van der Waals surface area contributed by atoms with E-state index in [1.54, 1.807) is 12.4 Å². The van der Waals surface area contributed by atoms with Crippen molar-refractivity contribution >= 4 is 5.78 Å². The summed E-state index contributed by atoms with van der Waals surface area (Å²) in [6, 6.07) is 3.72. The van der Waals surface area contributed by atoms with Crippen LogP contribution in [0.3, 0.4) is 0 Å². The first-order valence-electron chi connectivity index (χ1n) is 6.01. The molecule has 2 bridgehead atoms. The Kier molecular flexibility index (Phi) is 2.48. The van der Waals surface area contributed by atoms with E-state index in [1.165, 1.54) is 25.9 Å². The zero-order valence-corrected chi connectivity index (χ0v) is 9.30. The smallest absolute Gasteiger partial charge is 0.169 e. The van der Waals surface area contributed by atoms with Gasteiger partial charge in [0.2, 0.25) is 0 Å². The third kappa shape index (κ3) is 1.65. The highest BCUT2D eigenvalue weighted by Gasteiger charge is 2.38. The van der Waals surface area contributed by atoms with Gasteiger partial charge in [-0.15, -0.1) is 0 Å². The number of aromatic nitrogens is 1. The van der Waals surface area contributed by atoms with Gasteiger partial charge in [0.25, 0.3) is 0 Å². The summed E-state index contributed by atoms with van der Waals surface area (Å²) in [6.45, 7) is 3.32. The van der Waals surface area contributed by atoms with Gasteiger partial charge in [-0.1, -0.05) is 0 Å². The Labute approximate surface area is 95.5 Å². The molecule has 0 aliphatic carbocycles. The van der Waals surface area contributed by atoms with Crippen LogP contribution >= 0.6 is 0 Å². The lowest BCUT2D eigenvalue weighted by atomic mass is 9.76. The van der Waals surface area contributed by atoms with Gasteiger partial charge < -0.3 is 4.90 Å². The molecule has 1 aromatic heterocycles. The Morgan fingerprint density at radius 3 is 2.75 bits per heavy atom. The van der Waals surface area contributed by atoms with Crippen molar-refractivity contribution in [3.8, 4) is 0 Å². The number of hydrogen-bond acceptors (Lipinski definition) is 3. The zero-order chi connectivity index (χ0) is 11.0. The van der Waals surface area contributed by atoms with Gasteiger partial charge in [-0.05, 0) is 44.0 Å². The van der Waals surface area contributed by atoms with Crippen LogP contribution in [0.2, 0.25) is 0 Å². The summed E-state index contributed by atoms with van der Waals surface area (Å²) in [6.07, 6.45) is 5.79. The van der Waals surface area contributed by atoms with E-state index in [1.807, 2.05) is 12.1 Å². The highest BCUT2D eigenvalue weighted by Crippen LogP contribution is 2.34. The molecule has 0 unspecified atom stereocenters. The Bertz CT molecular complexity index is 382. The van der Waals surface area contributed by atoms with Crippen molar-refractivity contribution in [1.82, 2.24) is 9.88 Å². The molecule has 4 rings (SSSR count). The van der Waals surface area contributed by atoms with E-state index >= 15 is 0 Å². The molecule has 3 nitrogen and oxygen atoms in total. The monoisotopic (exact) mass is 216 g/mol. The van der Waals surface area contributed by atoms with Crippen LogP contribution in [0.15, 0.2) is 24.5 Å². The largest absolute Gasteiger partial charge is 0.303 e. The molecule has 0 saturated carbocycles. The summed E-state index contributed by atoms with van der Waals surface area (Å²) in [5.74, 6) is 1.12. The highest BCUT2D eigenvalue weighted by atomic mass is 16.1. The lowest BCUT2D eigenvalue weighted by Crippen LogP contribution is -2.50. The molecule has 1 aromatic rings. The minimum absolute atomic E-state index is 0.215. The van der Waals surface area contributed by atoms with Gasteiger partial charge in [-0.2, -0.15) is 0 Å². The van der Waals surface area contributed by atoms with Crippen LogP contribution < -0.4 is 0 Å². The number of hydrogen-bond donors (Lipinski definition) is 0. The average Bonchev–Trinajstić information content (AvgIpc) is 2.40. The Balaban J connectivity index is 1.81. The van der Waals surface area contributed by atoms with Crippen LogP contribution in [0.25, 0.3) is 0 Å². The summed E-state index contributed by atoms with van der Waals surface area (Å²) in [5, 5.41) is 0. The molecule has 0 radical (unpaired) electrons. The van der Waals surface area contributed by atoms with E-state index in [0.29, 0.717) is 11.7 Å². The average molecular weight is 216 g/mol. The van der Waals surface area contributed by atoms with Gasteiger partial charge in [0.15, 0.2) is 5.78 Å². The van der Waals surface area contributed by atoms with E-state index in [9.17, 15) is 4.79 Å². The summed E-state index contributed by atoms with van der Waals surface area (Å²) in [5.41, 5.74) is 0.779. The van der Waals surface area contributed by atoms with E-state index in [0.717, 1.165) is 12.1 Å². The summed E-state index contributed by atoms with van der Waals surface area (Å²) < 4.78 is 0. The predicted molar refractivity (Wildman–Crippen MR) is 61.2 cm³/mol. The zero-order valence-electron chi connectivity index (χ0n) is 9.30. The second-order valence-corrected chi connectivity index (χ2v) is 4.85. The van der Waals surface area contributed by atoms with Gasteiger partial charge in [0.1, 0.15) is 0 Å². The molecule has 84 valence electrons. The molecule has 3 aliphatic heterocycles. The third-order valence-electron chi connectivity index (χ3n) is 3.94. The van der Waals surface area contributed by atoms with Crippen LogP contribution in [-0.4, -0.2) is 35.3 Å². The van der Waals surface area contributed by atoms with Crippen LogP contribution in [0.5, 0.6) is 0 Å². The van der Waals surface area contributed by atoms with Gasteiger partial charge in [-0.3, -0.25) is 9.78 Å². The molecule has 0 aromatic carbocycles. The predicted octanol–water partition coefficient (Wildman–Crippen LogP) is 1.61. The fourth-order valence-electron chi connectivity index (χ4n) is 2.98. The fourth-order valence-corrected chi connectivity index (χ4v) is 2.98. The fraction of sp³-hybridized carbons (Fsp3) is 0.538. The summed E-state index contributed by atoms with van der Waals surface area (Å²) in [7, 11) is 0. The van der Waals surface area contributed by atoms with Crippen molar-refractivity contribution in [2.24, 2.45) is 11.8 Å². The number of ketones is 1. The number of Topliss-reactive ketones (excluding diaryl/α,β-unsaturated/α-hetero) is 1. The van der Waals surface area contributed by atoms with Crippen LogP contribution in [0, 0.1) is 11.8 Å². The van der Waals surface area contributed by atoms with Gasteiger partial charge in [-0.25, -0.2) is 0 Å². The van der Waals surface area contributed by atoms with Crippen molar-refractivity contribution in [3.63, 3.8) is 0 Å². The maximum atomic E-state index is 12.3. The number of piperidine rings is 3. The van der Waals surface area contributed by atoms with Gasteiger partial charge >= 0.3 is 0 Å². The molecular formula is C13H16N2O. The number of pyridine rings is 1. The van der Waals surface area contributed by atoms with E-state index in [4.69, 9.17) is 0 Å². The Hall–Kier alpha value is -1.22. The number of carbonyl (C=O) groups is 1. The minimum Gasteiger partial charge on any atom is -0.303 e. The quantitative estimate of drug-likeness (QED) is 0.704. The van der Waals surface area contributed by atoms with Crippen LogP contribution in [-0.2, 0) is 0 Å². The van der Waals surface area contributed by atoms with Crippen molar-refractivity contribution in [1.29, 1.82) is 0 Å². The molecule has 3 aliphatic rings. The number of nitrogens with zero attached hydrogens (tertiary/aromatic N) is 2. The minimum atomic E-state index is 0.215. The first-order valence-corrected chi connectivity index (χ1v) is 6.01. The standard InChI is InChI=1S/C13H16N2O/c16-13(11-2-1-5-14-8-11)12-9-15-6-3-10(12)4-7-15/h1-2,5,8,10,12H,3-4,6-7,9H2/t12-/m0/s1. The number of fused-ring (bicyclic) bond motifs is 3. The maximum absolute atomic E-state index is 12.3. The van der Waals surface area contributed by atoms with E-state index < -0.39 is 0 Å². The topological polar surface area (TPSA) is 33.2 Å². The number of carbonyl (C=O) groups excluding carboxylic acids is 1. The molecule has 16 heavy (non-hydrogen) atoms. The normalized spacial score (nSPS) is 32.6. The first kappa shape index (κ1) is 9.97. The van der Waals surface area contributed by atoms with Crippen molar-refractivity contribution in [3.05, 3.63) is 30.1 Å². The number of rotatable bonds is 2. The lowest BCUT2D eigenvalue weighted by Gasteiger charge is -2.44. The summed E-state index contributed by atoms with van der Waals surface area (Å²) >= 11 is 0. The SMILES string of the molecule is O=C(c1cccnc1)[C@H]1CN2CCC1CC2. The van der Waals surface area contributed by atoms with E-state index in [2.05, 4.69) is 9.88 Å². The molecule has 3 fully saturated rings. The lowest BCUT2D eigenvalue weighted by molar-refractivity contribution is 0.0418. The van der Waals surface area contributed by atoms with Crippen LogP contribution in [0.4, 0.5) is 0 Å².